The smallest absolute Gasteiger partial charge is 0.228 e. The molecule has 0 radical (unpaired) electrons. The van der Waals surface area contributed by atoms with Gasteiger partial charge in [0.1, 0.15) is 11.4 Å². The molecule has 0 fully saturated rings. The molecule has 0 saturated heterocycles. The minimum atomic E-state index is 0.461. The molecule has 6 aromatic rings. The molecule has 8 heteroatoms. The van der Waals surface area contributed by atoms with Gasteiger partial charge in [-0.2, -0.15) is 0 Å². The molecule has 2 N–H and O–H groups in total. The molecule has 0 saturated carbocycles. The van der Waals surface area contributed by atoms with E-state index >= 15 is 0 Å². The lowest BCUT2D eigenvalue weighted by Crippen LogP contribution is -2.00. The first-order valence-corrected chi connectivity index (χ1v) is 12.9. The SMILES string of the molecule is CNc1nccc(-c2cccnc2Oc2ccc(Nc3nnc(-c4cc(C)cc(C)c4)c4ccccc34)cc2)n1. The fourth-order valence-electron chi connectivity index (χ4n) is 4.67. The van der Waals surface area contributed by atoms with Gasteiger partial charge in [-0.25, -0.2) is 15.0 Å². The molecular formula is C32H27N7O. The number of pyridine rings is 1. The summed E-state index contributed by atoms with van der Waals surface area (Å²) in [6.45, 7) is 4.19. The number of aryl methyl sites for hydroxylation is 2. The van der Waals surface area contributed by atoms with Gasteiger partial charge in [0.05, 0.1) is 11.3 Å². The molecule has 3 heterocycles. The van der Waals surface area contributed by atoms with Crippen molar-refractivity contribution in [2.75, 3.05) is 17.7 Å². The van der Waals surface area contributed by atoms with Gasteiger partial charge in [-0.1, -0.05) is 41.5 Å². The van der Waals surface area contributed by atoms with E-state index in [2.05, 4.69) is 80.0 Å². The van der Waals surface area contributed by atoms with Gasteiger partial charge in [-0.3, -0.25) is 0 Å². The first-order chi connectivity index (χ1) is 19.6. The summed E-state index contributed by atoms with van der Waals surface area (Å²) in [5.74, 6) is 2.33. The fourth-order valence-corrected chi connectivity index (χ4v) is 4.67. The molecule has 6 rings (SSSR count). The van der Waals surface area contributed by atoms with Crippen LogP contribution in [0.4, 0.5) is 17.5 Å². The van der Waals surface area contributed by atoms with E-state index < -0.39 is 0 Å². The van der Waals surface area contributed by atoms with Gasteiger partial charge in [0, 0.05) is 41.5 Å². The van der Waals surface area contributed by atoms with E-state index in [1.165, 1.54) is 11.1 Å². The Morgan fingerprint density at radius 2 is 1.50 bits per heavy atom. The second kappa shape index (κ2) is 10.8. The first kappa shape index (κ1) is 24.9. The van der Waals surface area contributed by atoms with Crippen molar-refractivity contribution >= 4 is 28.2 Å². The standard InChI is InChI=1S/C32H27N7O/c1-20-17-21(2)19-22(18-20)29-25-7-4-5-8-26(25)30(39-38-29)36-23-10-12-24(13-11-23)40-31-27(9-6-15-34-31)28-14-16-35-32(33-3)37-28/h4-19H,1-3H3,(H,36,39)(H,33,35,37). The molecule has 0 spiro atoms. The Balaban J connectivity index is 1.26. The van der Waals surface area contributed by atoms with Crippen LogP contribution in [0.25, 0.3) is 33.3 Å². The lowest BCUT2D eigenvalue weighted by atomic mass is 10.0. The second-order valence-corrected chi connectivity index (χ2v) is 9.44. The van der Waals surface area contributed by atoms with Crippen LogP contribution in [0.5, 0.6) is 11.6 Å². The van der Waals surface area contributed by atoms with Crippen LogP contribution in [-0.2, 0) is 0 Å². The van der Waals surface area contributed by atoms with E-state index in [1.54, 1.807) is 19.4 Å². The van der Waals surface area contributed by atoms with Crippen molar-refractivity contribution in [3.63, 3.8) is 0 Å². The second-order valence-electron chi connectivity index (χ2n) is 9.44. The minimum Gasteiger partial charge on any atom is -0.438 e. The van der Waals surface area contributed by atoms with Crippen LogP contribution in [-0.4, -0.2) is 32.2 Å². The zero-order valence-electron chi connectivity index (χ0n) is 22.4. The molecule has 40 heavy (non-hydrogen) atoms. The van der Waals surface area contributed by atoms with E-state index in [9.17, 15) is 0 Å². The minimum absolute atomic E-state index is 0.461. The third-order valence-corrected chi connectivity index (χ3v) is 6.44. The van der Waals surface area contributed by atoms with Crippen LogP contribution in [0, 0.1) is 13.8 Å². The summed E-state index contributed by atoms with van der Waals surface area (Å²) >= 11 is 0. The number of hydrogen-bond acceptors (Lipinski definition) is 8. The van der Waals surface area contributed by atoms with Gasteiger partial charge in [-0.05, 0) is 68.4 Å². The molecule has 0 atom stereocenters. The van der Waals surface area contributed by atoms with Crippen molar-refractivity contribution in [2.45, 2.75) is 13.8 Å². The Bertz CT molecular complexity index is 1800. The molecule has 0 unspecified atom stereocenters. The molecule has 0 amide bonds. The van der Waals surface area contributed by atoms with Gasteiger partial charge < -0.3 is 15.4 Å². The number of fused-ring (bicyclic) bond motifs is 1. The molecule has 8 nitrogen and oxygen atoms in total. The fraction of sp³-hybridized carbons (Fsp3) is 0.0938. The van der Waals surface area contributed by atoms with Crippen LogP contribution in [0.3, 0.4) is 0 Å². The number of nitrogens with one attached hydrogen (secondary N) is 2. The van der Waals surface area contributed by atoms with Crippen molar-refractivity contribution in [1.82, 2.24) is 25.1 Å². The molecule has 0 aliphatic rings. The van der Waals surface area contributed by atoms with Crippen LogP contribution >= 0.6 is 0 Å². The quantitative estimate of drug-likeness (QED) is 0.223. The van der Waals surface area contributed by atoms with Crippen molar-refractivity contribution in [2.24, 2.45) is 0 Å². The zero-order valence-corrected chi connectivity index (χ0v) is 22.4. The maximum absolute atomic E-state index is 6.15. The molecular weight excluding hydrogens is 498 g/mol. The van der Waals surface area contributed by atoms with E-state index in [4.69, 9.17) is 4.74 Å². The van der Waals surface area contributed by atoms with Crippen LogP contribution in [0.1, 0.15) is 11.1 Å². The monoisotopic (exact) mass is 525 g/mol. The van der Waals surface area contributed by atoms with E-state index in [1.807, 2.05) is 54.6 Å². The first-order valence-electron chi connectivity index (χ1n) is 12.9. The average molecular weight is 526 g/mol. The number of rotatable bonds is 7. The van der Waals surface area contributed by atoms with Crippen molar-refractivity contribution in [3.8, 4) is 34.1 Å². The van der Waals surface area contributed by atoms with Crippen molar-refractivity contribution < 1.29 is 4.74 Å². The number of anilines is 3. The van der Waals surface area contributed by atoms with Crippen molar-refractivity contribution in [1.29, 1.82) is 0 Å². The summed E-state index contributed by atoms with van der Waals surface area (Å²) in [6.07, 6.45) is 3.40. The maximum atomic E-state index is 6.15. The molecule has 0 aliphatic heterocycles. The predicted octanol–water partition coefficient (Wildman–Crippen LogP) is 7.34. The van der Waals surface area contributed by atoms with Gasteiger partial charge >= 0.3 is 0 Å². The van der Waals surface area contributed by atoms with Crippen LogP contribution in [0.15, 0.2) is 97.3 Å². The number of hydrogen-bond donors (Lipinski definition) is 2. The average Bonchev–Trinajstić information content (AvgIpc) is 2.98. The highest BCUT2D eigenvalue weighted by atomic mass is 16.5. The maximum Gasteiger partial charge on any atom is 0.228 e. The Kier molecular flexibility index (Phi) is 6.72. The Morgan fingerprint density at radius 3 is 2.27 bits per heavy atom. The molecule has 196 valence electrons. The third kappa shape index (κ3) is 5.15. The molecule has 0 aliphatic carbocycles. The van der Waals surface area contributed by atoms with Crippen molar-refractivity contribution in [3.05, 3.63) is 108 Å². The largest absolute Gasteiger partial charge is 0.438 e. The van der Waals surface area contributed by atoms with E-state index in [0.29, 0.717) is 23.4 Å². The Hall–Kier alpha value is -5.37. The summed E-state index contributed by atoms with van der Waals surface area (Å²) in [5, 5.41) is 17.6. The highest BCUT2D eigenvalue weighted by Gasteiger charge is 2.13. The number of benzene rings is 3. The van der Waals surface area contributed by atoms with Gasteiger partial charge in [0.2, 0.25) is 11.8 Å². The molecule has 0 bridgehead atoms. The molecule has 3 aromatic heterocycles. The summed E-state index contributed by atoms with van der Waals surface area (Å²) in [5.41, 5.74) is 6.68. The summed E-state index contributed by atoms with van der Waals surface area (Å²) in [4.78, 5) is 13.1. The van der Waals surface area contributed by atoms with Gasteiger partial charge in [-0.15, -0.1) is 10.2 Å². The summed E-state index contributed by atoms with van der Waals surface area (Å²) < 4.78 is 6.15. The molecule has 3 aromatic carbocycles. The highest BCUT2D eigenvalue weighted by Crippen LogP contribution is 2.34. The highest BCUT2D eigenvalue weighted by molar-refractivity contribution is 6.01. The third-order valence-electron chi connectivity index (χ3n) is 6.44. The van der Waals surface area contributed by atoms with Gasteiger partial charge in [0.15, 0.2) is 5.82 Å². The normalized spacial score (nSPS) is 10.9. The van der Waals surface area contributed by atoms with Crippen LogP contribution < -0.4 is 15.4 Å². The Morgan fingerprint density at radius 1 is 0.725 bits per heavy atom. The summed E-state index contributed by atoms with van der Waals surface area (Å²) in [6, 6.07) is 27.9. The van der Waals surface area contributed by atoms with Crippen LogP contribution in [0.2, 0.25) is 0 Å². The van der Waals surface area contributed by atoms with E-state index in [0.717, 1.165) is 39.0 Å². The summed E-state index contributed by atoms with van der Waals surface area (Å²) in [7, 11) is 1.78. The Labute approximate surface area is 232 Å². The lowest BCUT2D eigenvalue weighted by molar-refractivity contribution is 0.465. The number of aromatic nitrogens is 5. The number of ether oxygens (including phenoxy) is 1. The lowest BCUT2D eigenvalue weighted by Gasteiger charge is -2.13. The van der Waals surface area contributed by atoms with Gasteiger partial charge in [0.25, 0.3) is 0 Å². The predicted molar refractivity (Wildman–Crippen MR) is 159 cm³/mol. The van der Waals surface area contributed by atoms with E-state index in [-0.39, 0.29) is 0 Å². The number of nitrogens with zero attached hydrogens (tertiary/aromatic N) is 5. The zero-order chi connectivity index (χ0) is 27.5. The topological polar surface area (TPSA) is 97.7 Å².